The van der Waals surface area contributed by atoms with Crippen LogP contribution in [0.4, 0.5) is 0 Å². The van der Waals surface area contributed by atoms with Crippen LogP contribution in [0.5, 0.6) is 5.75 Å². The SMILES string of the molecule is O=C1COc2ccccc2CCCC[C@H]2CN(CCCn3cccn3)CC[C@H]2N1. The largest absolute Gasteiger partial charge is 0.483 e. The van der Waals surface area contributed by atoms with Crippen molar-refractivity contribution in [3.63, 3.8) is 0 Å². The van der Waals surface area contributed by atoms with Gasteiger partial charge in [-0.05, 0) is 62.3 Å². The number of likely N-dealkylation sites (tertiary alicyclic amines) is 1. The van der Waals surface area contributed by atoms with E-state index in [9.17, 15) is 4.79 Å². The van der Waals surface area contributed by atoms with E-state index in [0.29, 0.717) is 5.92 Å². The van der Waals surface area contributed by atoms with Crippen molar-refractivity contribution in [2.45, 2.75) is 51.1 Å². The van der Waals surface area contributed by atoms with E-state index >= 15 is 0 Å². The zero-order valence-corrected chi connectivity index (χ0v) is 17.1. The molecular formula is C23H32N4O2. The standard InChI is InChI=1S/C23H32N4O2/c28-23-18-29-22-10-4-3-8-19(22)7-1-2-9-20-17-26(16-11-21(20)25-23)13-6-15-27-14-5-12-24-27/h3-5,8,10,12,14,20-21H,1-2,6-7,9,11,13,15-18H2,(H,25,28)/t20-,21+/m0/s1. The van der Waals surface area contributed by atoms with Crippen molar-refractivity contribution in [1.29, 1.82) is 0 Å². The van der Waals surface area contributed by atoms with Crippen LogP contribution in [-0.4, -0.2) is 52.9 Å². The lowest BCUT2D eigenvalue weighted by Crippen LogP contribution is -2.52. The summed E-state index contributed by atoms with van der Waals surface area (Å²) in [5, 5.41) is 7.55. The maximum atomic E-state index is 12.5. The Morgan fingerprint density at radius 3 is 2.97 bits per heavy atom. The summed E-state index contributed by atoms with van der Waals surface area (Å²) >= 11 is 0. The Balaban J connectivity index is 1.33. The second-order valence-electron chi connectivity index (χ2n) is 8.29. The van der Waals surface area contributed by atoms with E-state index in [4.69, 9.17) is 4.74 Å². The van der Waals surface area contributed by atoms with Gasteiger partial charge in [-0.3, -0.25) is 9.48 Å². The fourth-order valence-corrected chi connectivity index (χ4v) is 4.65. The highest BCUT2D eigenvalue weighted by atomic mass is 16.5. The number of carbonyl (C=O) groups excluding carboxylic acids is 1. The summed E-state index contributed by atoms with van der Waals surface area (Å²) in [6.07, 6.45) is 10.5. The number of aryl methyl sites for hydroxylation is 2. The van der Waals surface area contributed by atoms with E-state index in [1.165, 1.54) is 18.4 Å². The number of amides is 1. The molecule has 2 aromatic rings. The molecule has 0 bridgehead atoms. The van der Waals surface area contributed by atoms with Gasteiger partial charge in [0.15, 0.2) is 6.61 Å². The predicted molar refractivity (Wildman–Crippen MR) is 113 cm³/mol. The molecule has 6 heteroatoms. The number of aromatic nitrogens is 2. The molecule has 6 nitrogen and oxygen atoms in total. The molecule has 1 fully saturated rings. The Morgan fingerprint density at radius 1 is 1.14 bits per heavy atom. The Hall–Kier alpha value is -2.34. The minimum atomic E-state index is 0.00232. The van der Waals surface area contributed by atoms with E-state index in [0.717, 1.165) is 57.6 Å². The average molecular weight is 397 g/mol. The van der Waals surface area contributed by atoms with Crippen LogP contribution in [0.1, 0.15) is 37.7 Å². The van der Waals surface area contributed by atoms with Gasteiger partial charge < -0.3 is 15.0 Å². The van der Waals surface area contributed by atoms with Gasteiger partial charge in [0, 0.05) is 38.1 Å². The van der Waals surface area contributed by atoms with Crippen molar-refractivity contribution < 1.29 is 9.53 Å². The molecule has 4 rings (SSSR count). The molecule has 3 heterocycles. The van der Waals surface area contributed by atoms with Crippen LogP contribution in [0.3, 0.4) is 0 Å². The predicted octanol–water partition coefficient (Wildman–Crippen LogP) is 2.89. The van der Waals surface area contributed by atoms with Crippen LogP contribution < -0.4 is 10.1 Å². The molecule has 1 aromatic carbocycles. The van der Waals surface area contributed by atoms with E-state index in [1.54, 1.807) is 0 Å². The van der Waals surface area contributed by atoms with Crippen molar-refractivity contribution in [2.75, 3.05) is 26.2 Å². The highest BCUT2D eigenvalue weighted by molar-refractivity contribution is 5.78. The lowest BCUT2D eigenvalue weighted by Gasteiger charge is -2.39. The summed E-state index contributed by atoms with van der Waals surface area (Å²) in [6, 6.07) is 10.3. The monoisotopic (exact) mass is 396 g/mol. The highest BCUT2D eigenvalue weighted by Crippen LogP contribution is 2.26. The fraction of sp³-hybridized carbons (Fsp3) is 0.565. The van der Waals surface area contributed by atoms with Gasteiger partial charge in [-0.15, -0.1) is 0 Å². The van der Waals surface area contributed by atoms with Crippen molar-refractivity contribution >= 4 is 5.91 Å². The van der Waals surface area contributed by atoms with Gasteiger partial charge in [0.1, 0.15) is 5.75 Å². The van der Waals surface area contributed by atoms with Crippen molar-refractivity contribution in [3.05, 3.63) is 48.3 Å². The van der Waals surface area contributed by atoms with E-state index in [2.05, 4.69) is 21.4 Å². The quantitative estimate of drug-likeness (QED) is 0.863. The lowest BCUT2D eigenvalue weighted by molar-refractivity contribution is -0.124. The number of para-hydroxylation sites is 1. The molecule has 156 valence electrons. The number of carbonyl (C=O) groups is 1. The first-order chi connectivity index (χ1) is 14.3. The number of piperidine rings is 1. The molecule has 1 aromatic heterocycles. The minimum Gasteiger partial charge on any atom is -0.483 e. The number of nitrogens with zero attached hydrogens (tertiary/aromatic N) is 3. The second kappa shape index (κ2) is 9.92. The maximum Gasteiger partial charge on any atom is 0.258 e. The molecule has 0 aliphatic carbocycles. The Labute approximate surface area is 173 Å². The molecule has 1 saturated heterocycles. The van der Waals surface area contributed by atoms with Crippen LogP contribution >= 0.6 is 0 Å². The van der Waals surface area contributed by atoms with Gasteiger partial charge in [0.05, 0.1) is 0 Å². The van der Waals surface area contributed by atoms with E-state index in [1.807, 2.05) is 41.3 Å². The molecule has 0 saturated carbocycles. The molecule has 2 aliphatic rings. The van der Waals surface area contributed by atoms with Gasteiger partial charge in [-0.1, -0.05) is 24.6 Å². The van der Waals surface area contributed by atoms with Crippen LogP contribution in [0.2, 0.25) is 0 Å². The first-order valence-corrected chi connectivity index (χ1v) is 11.0. The minimum absolute atomic E-state index is 0.00232. The van der Waals surface area contributed by atoms with Gasteiger partial charge in [0.2, 0.25) is 0 Å². The van der Waals surface area contributed by atoms with Gasteiger partial charge in [-0.2, -0.15) is 5.10 Å². The van der Waals surface area contributed by atoms with Crippen molar-refractivity contribution in [2.24, 2.45) is 5.92 Å². The Bertz CT molecular complexity index is 777. The first-order valence-electron chi connectivity index (χ1n) is 11.0. The van der Waals surface area contributed by atoms with E-state index < -0.39 is 0 Å². The lowest BCUT2D eigenvalue weighted by atomic mass is 9.87. The Morgan fingerprint density at radius 2 is 2.07 bits per heavy atom. The molecule has 0 unspecified atom stereocenters. The second-order valence-corrected chi connectivity index (χ2v) is 8.29. The smallest absolute Gasteiger partial charge is 0.258 e. The number of hydrogen-bond donors (Lipinski definition) is 1. The zero-order valence-electron chi connectivity index (χ0n) is 17.1. The van der Waals surface area contributed by atoms with E-state index in [-0.39, 0.29) is 18.6 Å². The maximum absolute atomic E-state index is 12.5. The van der Waals surface area contributed by atoms with Crippen molar-refractivity contribution in [3.8, 4) is 5.75 Å². The Kier molecular flexibility index (Phi) is 6.83. The number of rotatable bonds is 4. The topological polar surface area (TPSA) is 59.4 Å². The highest BCUT2D eigenvalue weighted by Gasteiger charge is 2.30. The summed E-state index contributed by atoms with van der Waals surface area (Å²) in [6.45, 7) is 4.28. The van der Waals surface area contributed by atoms with Gasteiger partial charge >= 0.3 is 0 Å². The number of nitrogens with one attached hydrogen (secondary N) is 1. The number of ether oxygens (including phenoxy) is 1. The summed E-state index contributed by atoms with van der Waals surface area (Å²) in [5.74, 6) is 1.38. The molecule has 0 radical (unpaired) electrons. The van der Waals surface area contributed by atoms with Crippen LogP contribution in [-0.2, 0) is 17.8 Å². The third-order valence-electron chi connectivity index (χ3n) is 6.19. The number of hydrogen-bond acceptors (Lipinski definition) is 4. The normalized spacial score (nSPS) is 23.7. The van der Waals surface area contributed by atoms with Crippen LogP contribution in [0.25, 0.3) is 0 Å². The van der Waals surface area contributed by atoms with Crippen LogP contribution in [0.15, 0.2) is 42.7 Å². The summed E-state index contributed by atoms with van der Waals surface area (Å²) in [5.41, 5.74) is 1.21. The molecule has 1 amide bonds. The third kappa shape index (κ3) is 5.60. The molecule has 2 atom stereocenters. The first kappa shape index (κ1) is 20.0. The summed E-state index contributed by atoms with van der Waals surface area (Å²) in [7, 11) is 0. The molecular weight excluding hydrogens is 364 g/mol. The molecule has 29 heavy (non-hydrogen) atoms. The average Bonchev–Trinajstić information content (AvgIpc) is 3.24. The third-order valence-corrected chi connectivity index (χ3v) is 6.19. The zero-order chi connectivity index (χ0) is 19.9. The summed E-state index contributed by atoms with van der Waals surface area (Å²) in [4.78, 5) is 15.1. The number of benzene rings is 1. The molecule has 1 N–H and O–H groups in total. The van der Waals surface area contributed by atoms with Gasteiger partial charge in [0.25, 0.3) is 5.91 Å². The molecule has 0 spiro atoms. The van der Waals surface area contributed by atoms with Crippen LogP contribution in [0, 0.1) is 5.92 Å². The molecule has 2 aliphatic heterocycles. The fourth-order valence-electron chi connectivity index (χ4n) is 4.65. The summed E-state index contributed by atoms with van der Waals surface area (Å²) < 4.78 is 7.83. The van der Waals surface area contributed by atoms with Gasteiger partial charge in [-0.25, -0.2) is 0 Å². The van der Waals surface area contributed by atoms with Crippen molar-refractivity contribution in [1.82, 2.24) is 20.0 Å². The number of fused-ring (bicyclic) bond motifs is 2.